The van der Waals surface area contributed by atoms with Crippen LogP contribution < -0.4 is 5.32 Å². The molecule has 0 amide bonds. The molecule has 0 fully saturated rings. The first kappa shape index (κ1) is 14.9. The number of phenolic OH excluding ortho intramolecular Hbond substituents is 1. The maximum absolute atomic E-state index is 13.7. The van der Waals surface area contributed by atoms with E-state index in [0.717, 1.165) is 6.07 Å². The van der Waals surface area contributed by atoms with Crippen LogP contribution in [0.4, 0.5) is 10.1 Å². The van der Waals surface area contributed by atoms with Crippen molar-refractivity contribution in [3.63, 3.8) is 0 Å². The average molecular weight is 290 g/mol. The molecular weight excluding hydrogens is 275 g/mol. The van der Waals surface area contributed by atoms with Gasteiger partial charge in [0.05, 0.1) is 4.92 Å². The van der Waals surface area contributed by atoms with Crippen molar-refractivity contribution < 1.29 is 14.4 Å². The molecule has 1 atom stereocenters. The SMILES string of the molecule is CC(NCc1ccccc1[N+](=O)[O-])c1ccc(O)cc1F. The molecule has 0 saturated heterocycles. The first-order valence-corrected chi connectivity index (χ1v) is 6.43. The lowest BCUT2D eigenvalue weighted by Gasteiger charge is -2.15. The van der Waals surface area contributed by atoms with Crippen molar-refractivity contribution in [3.8, 4) is 5.75 Å². The predicted octanol–water partition coefficient (Wildman–Crippen LogP) is 3.29. The third kappa shape index (κ3) is 3.55. The molecule has 2 N–H and O–H groups in total. The highest BCUT2D eigenvalue weighted by Gasteiger charge is 2.15. The van der Waals surface area contributed by atoms with Crippen LogP contribution in [0.3, 0.4) is 0 Å². The smallest absolute Gasteiger partial charge is 0.273 e. The fourth-order valence-electron chi connectivity index (χ4n) is 2.08. The molecule has 0 radical (unpaired) electrons. The Kier molecular flexibility index (Phi) is 4.49. The summed E-state index contributed by atoms with van der Waals surface area (Å²) in [5, 5.41) is 23.2. The molecule has 0 heterocycles. The largest absolute Gasteiger partial charge is 0.508 e. The van der Waals surface area contributed by atoms with Crippen LogP contribution in [0.15, 0.2) is 42.5 Å². The quantitative estimate of drug-likeness (QED) is 0.654. The first-order valence-electron chi connectivity index (χ1n) is 6.43. The summed E-state index contributed by atoms with van der Waals surface area (Å²) in [6.07, 6.45) is 0. The van der Waals surface area contributed by atoms with Crippen LogP contribution in [0.1, 0.15) is 24.1 Å². The van der Waals surface area contributed by atoms with E-state index < -0.39 is 10.7 Å². The van der Waals surface area contributed by atoms with Crippen LogP contribution in [0.25, 0.3) is 0 Å². The fraction of sp³-hybridized carbons (Fsp3) is 0.200. The third-order valence-electron chi connectivity index (χ3n) is 3.24. The van der Waals surface area contributed by atoms with E-state index in [1.165, 1.54) is 18.2 Å². The number of hydrogen-bond donors (Lipinski definition) is 2. The molecular formula is C15H15FN2O3. The minimum Gasteiger partial charge on any atom is -0.508 e. The monoisotopic (exact) mass is 290 g/mol. The number of nitrogens with one attached hydrogen (secondary N) is 1. The molecule has 2 rings (SSSR count). The summed E-state index contributed by atoms with van der Waals surface area (Å²) in [5.41, 5.74) is 0.961. The maximum atomic E-state index is 13.7. The number of aromatic hydroxyl groups is 1. The van der Waals surface area contributed by atoms with E-state index in [2.05, 4.69) is 5.32 Å². The van der Waals surface area contributed by atoms with E-state index >= 15 is 0 Å². The van der Waals surface area contributed by atoms with E-state index in [4.69, 9.17) is 0 Å². The second kappa shape index (κ2) is 6.32. The van der Waals surface area contributed by atoms with Crippen LogP contribution in [0.5, 0.6) is 5.75 Å². The molecule has 1 unspecified atom stereocenters. The van der Waals surface area contributed by atoms with Crippen LogP contribution in [0, 0.1) is 15.9 Å². The van der Waals surface area contributed by atoms with Crippen LogP contribution in [-0.4, -0.2) is 10.0 Å². The Balaban J connectivity index is 2.11. The van der Waals surface area contributed by atoms with Gasteiger partial charge >= 0.3 is 0 Å². The molecule has 0 aromatic heterocycles. The average Bonchev–Trinajstić information content (AvgIpc) is 2.45. The molecule has 2 aromatic rings. The topological polar surface area (TPSA) is 75.4 Å². The van der Waals surface area contributed by atoms with E-state index in [-0.39, 0.29) is 24.0 Å². The normalized spacial score (nSPS) is 12.1. The van der Waals surface area contributed by atoms with Crippen molar-refractivity contribution in [2.24, 2.45) is 0 Å². The molecule has 0 aliphatic heterocycles. The highest BCUT2D eigenvalue weighted by atomic mass is 19.1. The summed E-state index contributed by atoms with van der Waals surface area (Å²) >= 11 is 0. The molecule has 0 spiro atoms. The van der Waals surface area contributed by atoms with Crippen molar-refractivity contribution in [1.29, 1.82) is 0 Å². The number of halogens is 1. The maximum Gasteiger partial charge on any atom is 0.273 e. The van der Waals surface area contributed by atoms with Gasteiger partial charge in [-0.1, -0.05) is 24.3 Å². The van der Waals surface area contributed by atoms with Crippen molar-refractivity contribution >= 4 is 5.69 Å². The van der Waals surface area contributed by atoms with Crippen LogP contribution >= 0.6 is 0 Å². The minimum absolute atomic E-state index is 0.0309. The summed E-state index contributed by atoms with van der Waals surface area (Å²) < 4.78 is 13.7. The highest BCUT2D eigenvalue weighted by molar-refractivity contribution is 5.39. The first-order chi connectivity index (χ1) is 9.99. The predicted molar refractivity (Wildman–Crippen MR) is 76.4 cm³/mol. The summed E-state index contributed by atoms with van der Waals surface area (Å²) in [5.74, 6) is -0.653. The van der Waals surface area contributed by atoms with Gasteiger partial charge in [0.15, 0.2) is 0 Å². The van der Waals surface area contributed by atoms with Gasteiger partial charge in [0, 0.05) is 35.8 Å². The lowest BCUT2D eigenvalue weighted by atomic mass is 10.1. The number of nitrogens with zero attached hydrogens (tertiary/aromatic N) is 1. The van der Waals surface area contributed by atoms with Crippen LogP contribution in [0.2, 0.25) is 0 Å². The lowest BCUT2D eigenvalue weighted by molar-refractivity contribution is -0.385. The molecule has 5 nitrogen and oxygen atoms in total. The summed E-state index contributed by atoms with van der Waals surface area (Å²) in [7, 11) is 0. The summed E-state index contributed by atoms with van der Waals surface area (Å²) in [6, 6.07) is 10.0. The van der Waals surface area contributed by atoms with Crippen molar-refractivity contribution in [3.05, 3.63) is 69.5 Å². The Morgan fingerprint density at radius 2 is 2.05 bits per heavy atom. The van der Waals surface area contributed by atoms with Gasteiger partial charge in [0.2, 0.25) is 0 Å². The molecule has 21 heavy (non-hydrogen) atoms. The number of rotatable bonds is 5. The Morgan fingerprint density at radius 1 is 1.33 bits per heavy atom. The van der Waals surface area contributed by atoms with Crippen molar-refractivity contribution in [1.82, 2.24) is 5.32 Å². The van der Waals surface area contributed by atoms with E-state index in [9.17, 15) is 19.6 Å². The van der Waals surface area contributed by atoms with Gasteiger partial charge in [0.1, 0.15) is 11.6 Å². The molecule has 0 aliphatic carbocycles. The molecule has 110 valence electrons. The second-order valence-electron chi connectivity index (χ2n) is 4.69. The number of para-hydroxylation sites is 1. The lowest BCUT2D eigenvalue weighted by Crippen LogP contribution is -2.19. The molecule has 2 aromatic carbocycles. The molecule has 0 saturated carbocycles. The highest BCUT2D eigenvalue weighted by Crippen LogP contribution is 2.23. The summed E-state index contributed by atoms with van der Waals surface area (Å²) in [6.45, 7) is 2.00. The van der Waals surface area contributed by atoms with Gasteiger partial charge in [0.25, 0.3) is 5.69 Å². The van der Waals surface area contributed by atoms with Crippen molar-refractivity contribution in [2.75, 3.05) is 0 Å². The molecule has 0 bridgehead atoms. The van der Waals surface area contributed by atoms with E-state index in [0.29, 0.717) is 11.1 Å². The Hall–Kier alpha value is -2.47. The zero-order valence-corrected chi connectivity index (χ0v) is 11.4. The van der Waals surface area contributed by atoms with E-state index in [1.807, 2.05) is 0 Å². The Labute approximate surface area is 121 Å². The Bertz CT molecular complexity index is 661. The minimum atomic E-state index is -0.516. The number of phenols is 1. The zero-order valence-electron chi connectivity index (χ0n) is 11.4. The molecule has 6 heteroatoms. The van der Waals surface area contributed by atoms with Gasteiger partial charge in [-0.05, 0) is 13.0 Å². The van der Waals surface area contributed by atoms with Gasteiger partial charge in [-0.3, -0.25) is 10.1 Å². The van der Waals surface area contributed by atoms with E-state index in [1.54, 1.807) is 25.1 Å². The third-order valence-corrected chi connectivity index (χ3v) is 3.24. The summed E-state index contributed by atoms with van der Waals surface area (Å²) in [4.78, 5) is 10.5. The standard InChI is InChI=1S/C15H15FN2O3/c1-10(13-7-6-12(19)8-14(13)16)17-9-11-4-2-3-5-15(11)18(20)21/h2-8,10,17,19H,9H2,1H3. The number of benzene rings is 2. The molecule has 0 aliphatic rings. The fourth-order valence-corrected chi connectivity index (χ4v) is 2.08. The van der Waals surface area contributed by atoms with Gasteiger partial charge in [-0.25, -0.2) is 4.39 Å². The van der Waals surface area contributed by atoms with Gasteiger partial charge in [-0.2, -0.15) is 0 Å². The second-order valence-corrected chi connectivity index (χ2v) is 4.69. The van der Waals surface area contributed by atoms with Crippen molar-refractivity contribution in [2.45, 2.75) is 19.5 Å². The Morgan fingerprint density at radius 3 is 2.71 bits per heavy atom. The number of hydrogen-bond acceptors (Lipinski definition) is 4. The number of nitro benzene ring substituents is 1. The van der Waals surface area contributed by atoms with Crippen LogP contribution in [-0.2, 0) is 6.54 Å². The number of nitro groups is 1. The zero-order chi connectivity index (χ0) is 15.4. The van der Waals surface area contributed by atoms with Gasteiger partial charge < -0.3 is 10.4 Å². The van der Waals surface area contributed by atoms with Gasteiger partial charge in [-0.15, -0.1) is 0 Å².